The first-order valence-corrected chi connectivity index (χ1v) is 6.34. The van der Waals surface area contributed by atoms with Crippen LogP contribution >= 0.6 is 0 Å². The molecule has 0 saturated carbocycles. The lowest BCUT2D eigenvalue weighted by molar-refractivity contribution is 0.311. The van der Waals surface area contributed by atoms with E-state index in [0.29, 0.717) is 18.4 Å². The Bertz CT molecular complexity index is 322. The highest BCUT2D eigenvalue weighted by molar-refractivity contribution is 5.32. The van der Waals surface area contributed by atoms with Crippen LogP contribution in [0.2, 0.25) is 0 Å². The quantitative estimate of drug-likeness (QED) is 0.442. The molecule has 0 bridgehead atoms. The second-order valence-corrected chi connectivity index (χ2v) is 3.91. The van der Waals surface area contributed by atoms with Gasteiger partial charge in [-0.25, -0.2) is 9.97 Å². The smallest absolute Gasteiger partial charge is 0.227 e. The van der Waals surface area contributed by atoms with E-state index in [-0.39, 0.29) is 6.61 Å². The van der Waals surface area contributed by atoms with E-state index in [9.17, 15) is 0 Å². The number of nitrogens with zero attached hydrogens (tertiary/aromatic N) is 3. The fourth-order valence-corrected chi connectivity index (χ4v) is 1.46. The van der Waals surface area contributed by atoms with Gasteiger partial charge >= 0.3 is 0 Å². The highest BCUT2D eigenvalue weighted by Gasteiger charge is 1.99. The van der Waals surface area contributed by atoms with Crippen molar-refractivity contribution in [2.45, 2.75) is 25.7 Å². The van der Waals surface area contributed by atoms with Crippen LogP contribution < -0.4 is 16.4 Å². The molecule has 1 heterocycles. The van der Waals surface area contributed by atoms with E-state index >= 15 is 0 Å². The first kappa shape index (κ1) is 14.6. The summed E-state index contributed by atoms with van der Waals surface area (Å²) in [6, 6.07) is 0. The number of rotatable bonds is 10. The molecule has 102 valence electrons. The van der Waals surface area contributed by atoms with Crippen molar-refractivity contribution in [1.82, 2.24) is 15.0 Å². The van der Waals surface area contributed by atoms with Crippen molar-refractivity contribution < 1.29 is 5.11 Å². The lowest BCUT2D eigenvalue weighted by Gasteiger charge is -2.06. The number of nitrogens with one attached hydrogen (secondary N) is 2. The van der Waals surface area contributed by atoms with Crippen LogP contribution in [0.1, 0.15) is 25.7 Å². The van der Waals surface area contributed by atoms with Gasteiger partial charge in [0.2, 0.25) is 11.9 Å². The van der Waals surface area contributed by atoms with Crippen LogP contribution in [0.3, 0.4) is 0 Å². The summed E-state index contributed by atoms with van der Waals surface area (Å²) in [5, 5.41) is 14.7. The number of aliphatic hydroxyl groups excluding tert-OH is 1. The number of nitrogens with two attached hydrogens (primary N) is 1. The predicted molar refractivity (Wildman–Crippen MR) is 71.4 cm³/mol. The van der Waals surface area contributed by atoms with Crippen molar-refractivity contribution >= 4 is 11.9 Å². The van der Waals surface area contributed by atoms with E-state index in [0.717, 1.165) is 32.4 Å². The molecule has 0 aliphatic heterocycles. The molecule has 0 spiro atoms. The summed E-state index contributed by atoms with van der Waals surface area (Å²) in [6.45, 7) is 2.09. The zero-order valence-corrected chi connectivity index (χ0v) is 10.6. The molecule has 0 fully saturated rings. The standard InChI is InChI=1S/C11H22N6O/c12-5-3-1-2-4-6-13-10-15-9-16-11(17-10)14-7-8-18/h9,18H,1-8,12H2,(H2,13,14,15,16,17). The summed E-state index contributed by atoms with van der Waals surface area (Å²) >= 11 is 0. The van der Waals surface area contributed by atoms with Crippen LogP contribution in [0.5, 0.6) is 0 Å². The van der Waals surface area contributed by atoms with Crippen molar-refractivity contribution in [2.75, 3.05) is 36.9 Å². The molecule has 18 heavy (non-hydrogen) atoms. The summed E-state index contributed by atoms with van der Waals surface area (Å²) in [5.41, 5.74) is 5.42. The van der Waals surface area contributed by atoms with E-state index < -0.39 is 0 Å². The van der Waals surface area contributed by atoms with Gasteiger partial charge in [-0.3, -0.25) is 0 Å². The molecule has 5 N–H and O–H groups in total. The van der Waals surface area contributed by atoms with E-state index in [2.05, 4.69) is 25.6 Å². The summed E-state index contributed by atoms with van der Waals surface area (Å²) in [7, 11) is 0. The Morgan fingerprint density at radius 2 is 1.67 bits per heavy atom. The van der Waals surface area contributed by atoms with E-state index in [1.807, 2.05) is 0 Å². The van der Waals surface area contributed by atoms with Gasteiger partial charge in [-0.1, -0.05) is 12.8 Å². The van der Waals surface area contributed by atoms with Gasteiger partial charge in [-0.2, -0.15) is 4.98 Å². The first-order valence-electron chi connectivity index (χ1n) is 6.34. The minimum atomic E-state index is 0.0512. The van der Waals surface area contributed by atoms with Gasteiger partial charge in [0.15, 0.2) is 0 Å². The Balaban J connectivity index is 2.20. The van der Waals surface area contributed by atoms with Gasteiger partial charge in [-0.15, -0.1) is 0 Å². The Kier molecular flexibility index (Phi) is 7.74. The average Bonchev–Trinajstić information content (AvgIpc) is 2.41. The lowest BCUT2D eigenvalue weighted by Crippen LogP contribution is -2.11. The molecule has 0 aliphatic rings. The maximum atomic E-state index is 8.68. The minimum Gasteiger partial charge on any atom is -0.395 e. The molecular formula is C11H22N6O. The van der Waals surface area contributed by atoms with Gasteiger partial charge in [0.1, 0.15) is 6.33 Å². The molecule has 0 aliphatic carbocycles. The predicted octanol–water partition coefficient (Wildman–Crippen LogP) is 0.207. The van der Waals surface area contributed by atoms with Crippen molar-refractivity contribution in [3.05, 3.63) is 6.33 Å². The first-order chi connectivity index (χ1) is 8.86. The maximum Gasteiger partial charge on any atom is 0.227 e. The monoisotopic (exact) mass is 254 g/mol. The molecule has 0 amide bonds. The normalized spacial score (nSPS) is 10.3. The largest absolute Gasteiger partial charge is 0.395 e. The molecule has 1 aromatic rings. The number of hydrogen-bond donors (Lipinski definition) is 4. The van der Waals surface area contributed by atoms with Crippen molar-refractivity contribution in [1.29, 1.82) is 0 Å². The van der Waals surface area contributed by atoms with Crippen molar-refractivity contribution in [3.63, 3.8) is 0 Å². The third kappa shape index (κ3) is 6.31. The maximum absolute atomic E-state index is 8.68. The minimum absolute atomic E-state index is 0.0512. The van der Waals surface area contributed by atoms with E-state index in [1.165, 1.54) is 12.7 Å². The van der Waals surface area contributed by atoms with E-state index in [1.54, 1.807) is 0 Å². The molecule has 1 rings (SSSR count). The summed E-state index contributed by atoms with van der Waals surface area (Å²) < 4.78 is 0. The Hall–Kier alpha value is -1.47. The molecule has 0 unspecified atom stereocenters. The molecule has 1 aromatic heterocycles. The molecular weight excluding hydrogens is 232 g/mol. The van der Waals surface area contributed by atoms with Crippen LogP contribution in [-0.2, 0) is 0 Å². The van der Waals surface area contributed by atoms with Gasteiger partial charge in [-0.05, 0) is 19.4 Å². The van der Waals surface area contributed by atoms with Gasteiger partial charge in [0.05, 0.1) is 6.61 Å². The molecule has 0 aromatic carbocycles. The topological polar surface area (TPSA) is 109 Å². The third-order valence-electron chi connectivity index (χ3n) is 2.38. The number of aromatic nitrogens is 3. The zero-order valence-electron chi connectivity index (χ0n) is 10.6. The lowest BCUT2D eigenvalue weighted by atomic mass is 10.2. The fraction of sp³-hybridized carbons (Fsp3) is 0.727. The number of hydrogen-bond acceptors (Lipinski definition) is 7. The summed E-state index contributed by atoms with van der Waals surface area (Å²) in [4.78, 5) is 12.1. The third-order valence-corrected chi connectivity index (χ3v) is 2.38. The highest BCUT2D eigenvalue weighted by Crippen LogP contribution is 2.03. The number of aliphatic hydroxyl groups is 1. The molecule has 0 saturated heterocycles. The molecule has 0 atom stereocenters. The van der Waals surface area contributed by atoms with E-state index in [4.69, 9.17) is 10.8 Å². The molecule has 0 radical (unpaired) electrons. The van der Waals surface area contributed by atoms with Gasteiger partial charge in [0, 0.05) is 13.1 Å². The highest BCUT2D eigenvalue weighted by atomic mass is 16.3. The van der Waals surface area contributed by atoms with Crippen molar-refractivity contribution in [3.8, 4) is 0 Å². The average molecular weight is 254 g/mol. The van der Waals surface area contributed by atoms with Crippen LogP contribution in [-0.4, -0.2) is 46.3 Å². The summed E-state index contributed by atoms with van der Waals surface area (Å²) in [6.07, 6.45) is 5.93. The Labute approximate surface area is 107 Å². The fourth-order valence-electron chi connectivity index (χ4n) is 1.46. The van der Waals surface area contributed by atoms with Gasteiger partial charge < -0.3 is 21.5 Å². The van der Waals surface area contributed by atoms with Crippen molar-refractivity contribution in [2.24, 2.45) is 5.73 Å². The number of unbranched alkanes of at least 4 members (excludes halogenated alkanes) is 3. The SMILES string of the molecule is NCCCCCCNc1ncnc(NCCO)n1. The zero-order chi connectivity index (χ0) is 13.1. The van der Waals surface area contributed by atoms with Crippen LogP contribution in [0.15, 0.2) is 6.33 Å². The Morgan fingerprint density at radius 3 is 2.33 bits per heavy atom. The second kappa shape index (κ2) is 9.55. The second-order valence-electron chi connectivity index (χ2n) is 3.91. The number of anilines is 2. The molecule has 7 nitrogen and oxygen atoms in total. The van der Waals surface area contributed by atoms with Crippen LogP contribution in [0.4, 0.5) is 11.9 Å². The van der Waals surface area contributed by atoms with Gasteiger partial charge in [0.25, 0.3) is 0 Å². The Morgan fingerprint density at radius 1 is 1.00 bits per heavy atom. The van der Waals surface area contributed by atoms with Crippen LogP contribution in [0.25, 0.3) is 0 Å². The van der Waals surface area contributed by atoms with Crippen LogP contribution in [0, 0.1) is 0 Å². The molecule has 7 heteroatoms. The summed E-state index contributed by atoms with van der Waals surface area (Å²) in [5.74, 6) is 1.04.